The van der Waals surface area contributed by atoms with Gasteiger partial charge in [-0.15, -0.1) is 0 Å². The molecule has 1 saturated heterocycles. The van der Waals surface area contributed by atoms with Gasteiger partial charge in [-0.3, -0.25) is 19.5 Å². The Morgan fingerprint density at radius 2 is 2.12 bits per heavy atom. The zero-order valence-electron chi connectivity index (χ0n) is 15.7. The highest BCUT2D eigenvalue weighted by atomic mass is 16.2. The van der Waals surface area contributed by atoms with E-state index >= 15 is 0 Å². The molecule has 1 fully saturated rings. The standard InChI is InChI=1S/C19H29N5O2/c1-13(25)21-12-17-4-3-16(24(17)2)8-19(26)23-10-14-7-15-11-20-6-5-18(15)22-9-14/h7,9,16-17,20H,3-6,8,10-12H2,1-2H3,(H,21,25)(H,23,26)/t16-,17+/m0/s1. The predicted octanol–water partition coefficient (Wildman–Crippen LogP) is 0.333. The van der Waals surface area contributed by atoms with E-state index in [9.17, 15) is 9.59 Å². The molecule has 2 aliphatic heterocycles. The molecule has 7 heteroatoms. The minimum atomic E-state index is -0.00606. The molecule has 142 valence electrons. The lowest BCUT2D eigenvalue weighted by Gasteiger charge is -2.25. The number of pyridine rings is 1. The summed E-state index contributed by atoms with van der Waals surface area (Å²) in [6, 6.07) is 2.69. The van der Waals surface area contributed by atoms with Gasteiger partial charge in [-0.05, 0) is 37.1 Å². The zero-order chi connectivity index (χ0) is 18.5. The summed E-state index contributed by atoms with van der Waals surface area (Å²) in [5.74, 6) is 0.0614. The Morgan fingerprint density at radius 1 is 1.31 bits per heavy atom. The van der Waals surface area contributed by atoms with Crippen LogP contribution in [0.25, 0.3) is 0 Å². The lowest BCUT2D eigenvalue weighted by molar-refractivity contribution is -0.122. The van der Waals surface area contributed by atoms with Gasteiger partial charge in [-0.1, -0.05) is 0 Å². The topological polar surface area (TPSA) is 86.4 Å². The Kier molecular flexibility index (Phi) is 6.21. The number of carbonyl (C=O) groups is 2. The SMILES string of the molecule is CC(=O)NC[C@H]1CC[C@@H](CC(=O)NCc2cnc3c(c2)CNCC3)N1C. The van der Waals surface area contributed by atoms with Crippen molar-refractivity contribution >= 4 is 11.8 Å². The van der Waals surface area contributed by atoms with Crippen LogP contribution in [0.2, 0.25) is 0 Å². The van der Waals surface area contributed by atoms with Crippen LogP contribution in [0.1, 0.15) is 43.0 Å². The third-order valence-electron chi connectivity index (χ3n) is 5.45. The highest BCUT2D eigenvalue weighted by molar-refractivity contribution is 5.76. The van der Waals surface area contributed by atoms with Crippen molar-refractivity contribution < 1.29 is 9.59 Å². The van der Waals surface area contributed by atoms with E-state index in [1.165, 1.54) is 12.5 Å². The lowest BCUT2D eigenvalue weighted by atomic mass is 10.1. The van der Waals surface area contributed by atoms with Crippen molar-refractivity contribution in [3.63, 3.8) is 0 Å². The van der Waals surface area contributed by atoms with Crippen LogP contribution >= 0.6 is 0 Å². The molecule has 0 aromatic carbocycles. The summed E-state index contributed by atoms with van der Waals surface area (Å²) < 4.78 is 0. The second kappa shape index (κ2) is 8.60. The number of nitrogens with one attached hydrogen (secondary N) is 3. The van der Waals surface area contributed by atoms with Gasteiger partial charge in [0.1, 0.15) is 0 Å². The number of amides is 2. The van der Waals surface area contributed by atoms with Gasteiger partial charge in [-0.2, -0.15) is 0 Å². The summed E-state index contributed by atoms with van der Waals surface area (Å²) in [6.07, 6.45) is 5.33. The van der Waals surface area contributed by atoms with Crippen LogP contribution < -0.4 is 16.0 Å². The van der Waals surface area contributed by atoms with E-state index in [4.69, 9.17) is 0 Å². The monoisotopic (exact) mass is 359 g/mol. The number of carbonyl (C=O) groups excluding carboxylic acids is 2. The van der Waals surface area contributed by atoms with Gasteiger partial charge in [0, 0.05) is 69.9 Å². The smallest absolute Gasteiger partial charge is 0.221 e. The number of hydrogen-bond acceptors (Lipinski definition) is 5. The van der Waals surface area contributed by atoms with Crippen molar-refractivity contribution in [1.29, 1.82) is 0 Å². The first kappa shape index (κ1) is 18.8. The van der Waals surface area contributed by atoms with Gasteiger partial charge in [0.2, 0.25) is 11.8 Å². The average Bonchev–Trinajstić information content (AvgIpc) is 2.98. The summed E-state index contributed by atoms with van der Waals surface area (Å²) >= 11 is 0. The molecule has 0 unspecified atom stereocenters. The molecule has 1 aromatic heterocycles. The van der Waals surface area contributed by atoms with E-state index in [-0.39, 0.29) is 17.9 Å². The predicted molar refractivity (Wildman–Crippen MR) is 99.4 cm³/mol. The molecule has 3 heterocycles. The molecule has 1 aromatic rings. The van der Waals surface area contributed by atoms with Gasteiger partial charge in [0.25, 0.3) is 0 Å². The van der Waals surface area contributed by atoms with Crippen LogP contribution in [0.4, 0.5) is 0 Å². The van der Waals surface area contributed by atoms with Crippen LogP contribution in [-0.4, -0.2) is 53.9 Å². The van der Waals surface area contributed by atoms with Crippen LogP contribution in [0.5, 0.6) is 0 Å². The summed E-state index contributed by atoms with van der Waals surface area (Å²) in [5, 5.41) is 9.24. The Labute approximate surface area is 154 Å². The Balaban J connectivity index is 1.45. The molecule has 7 nitrogen and oxygen atoms in total. The van der Waals surface area contributed by atoms with E-state index in [0.717, 1.165) is 43.6 Å². The maximum absolute atomic E-state index is 12.3. The lowest BCUT2D eigenvalue weighted by Crippen LogP contribution is -2.42. The van der Waals surface area contributed by atoms with Crippen molar-refractivity contribution in [2.24, 2.45) is 0 Å². The van der Waals surface area contributed by atoms with Gasteiger partial charge < -0.3 is 16.0 Å². The molecule has 26 heavy (non-hydrogen) atoms. The van der Waals surface area contributed by atoms with Crippen molar-refractivity contribution in [1.82, 2.24) is 25.8 Å². The zero-order valence-corrected chi connectivity index (χ0v) is 15.7. The van der Waals surface area contributed by atoms with Crippen LogP contribution in [0, 0.1) is 0 Å². The van der Waals surface area contributed by atoms with Crippen LogP contribution in [-0.2, 0) is 29.1 Å². The molecule has 3 rings (SSSR count). The Morgan fingerprint density at radius 3 is 2.92 bits per heavy atom. The normalized spacial score (nSPS) is 22.7. The van der Waals surface area contributed by atoms with Crippen molar-refractivity contribution in [3.8, 4) is 0 Å². The minimum absolute atomic E-state index is 0.00606. The van der Waals surface area contributed by atoms with E-state index in [1.807, 2.05) is 13.2 Å². The van der Waals surface area contributed by atoms with E-state index in [2.05, 4.69) is 31.9 Å². The number of rotatable bonds is 6. The van der Waals surface area contributed by atoms with Gasteiger partial charge in [-0.25, -0.2) is 0 Å². The summed E-state index contributed by atoms with van der Waals surface area (Å²) in [4.78, 5) is 30.2. The minimum Gasteiger partial charge on any atom is -0.355 e. The van der Waals surface area contributed by atoms with E-state index in [1.54, 1.807) is 0 Å². The van der Waals surface area contributed by atoms with Gasteiger partial charge >= 0.3 is 0 Å². The molecule has 0 bridgehead atoms. The number of nitrogens with zero attached hydrogens (tertiary/aromatic N) is 2. The van der Waals surface area contributed by atoms with Crippen LogP contribution in [0.3, 0.4) is 0 Å². The highest BCUT2D eigenvalue weighted by Crippen LogP contribution is 2.24. The second-order valence-corrected chi connectivity index (χ2v) is 7.34. The number of aromatic nitrogens is 1. The Bertz CT molecular complexity index is 663. The molecule has 3 N–H and O–H groups in total. The van der Waals surface area contributed by atoms with Crippen molar-refractivity contribution in [2.75, 3.05) is 20.1 Å². The van der Waals surface area contributed by atoms with Gasteiger partial charge in [0.15, 0.2) is 0 Å². The molecular weight excluding hydrogens is 330 g/mol. The molecule has 0 spiro atoms. The molecule has 0 saturated carbocycles. The summed E-state index contributed by atoms with van der Waals surface area (Å²) in [6.45, 7) is 4.54. The fourth-order valence-electron chi connectivity index (χ4n) is 3.82. The van der Waals surface area contributed by atoms with Gasteiger partial charge in [0.05, 0.1) is 0 Å². The highest BCUT2D eigenvalue weighted by Gasteiger charge is 2.31. The number of likely N-dealkylation sites (tertiary alicyclic amines) is 1. The Hall–Kier alpha value is -1.99. The third-order valence-corrected chi connectivity index (χ3v) is 5.45. The van der Waals surface area contributed by atoms with E-state index in [0.29, 0.717) is 25.6 Å². The number of fused-ring (bicyclic) bond motifs is 1. The fraction of sp³-hybridized carbons (Fsp3) is 0.632. The number of hydrogen-bond donors (Lipinski definition) is 3. The van der Waals surface area contributed by atoms with Crippen molar-refractivity contribution in [3.05, 3.63) is 29.1 Å². The summed E-state index contributed by atoms with van der Waals surface area (Å²) in [5.41, 5.74) is 3.44. The first-order chi connectivity index (χ1) is 12.5. The molecular formula is C19H29N5O2. The first-order valence-corrected chi connectivity index (χ1v) is 9.43. The van der Waals surface area contributed by atoms with Crippen LogP contribution in [0.15, 0.2) is 12.3 Å². The quantitative estimate of drug-likeness (QED) is 0.682. The fourth-order valence-corrected chi connectivity index (χ4v) is 3.82. The maximum atomic E-state index is 12.3. The summed E-state index contributed by atoms with van der Waals surface area (Å²) in [7, 11) is 2.04. The molecule has 0 aliphatic carbocycles. The van der Waals surface area contributed by atoms with Crippen molar-refractivity contribution in [2.45, 2.75) is 57.8 Å². The third kappa shape index (κ3) is 4.80. The maximum Gasteiger partial charge on any atom is 0.221 e. The first-order valence-electron chi connectivity index (χ1n) is 9.43. The number of likely N-dealkylation sites (N-methyl/N-ethyl adjacent to an activating group) is 1. The molecule has 0 radical (unpaired) electrons. The molecule has 2 atom stereocenters. The molecule has 2 amide bonds. The molecule has 2 aliphatic rings. The van der Waals surface area contributed by atoms with E-state index < -0.39 is 0 Å². The second-order valence-electron chi connectivity index (χ2n) is 7.34. The largest absolute Gasteiger partial charge is 0.355 e. The average molecular weight is 359 g/mol.